The minimum absolute atomic E-state index is 0.0786. The summed E-state index contributed by atoms with van der Waals surface area (Å²) >= 11 is 0. The van der Waals surface area contributed by atoms with Gasteiger partial charge in [-0.1, -0.05) is 35.9 Å². The molecule has 154 valence electrons. The molecular weight excluding hydrogens is 396 g/mol. The molecule has 0 saturated heterocycles. The lowest BCUT2D eigenvalue weighted by atomic mass is 10.1. The molecule has 1 aliphatic rings. The van der Waals surface area contributed by atoms with Gasteiger partial charge in [0.05, 0.1) is 10.6 Å². The van der Waals surface area contributed by atoms with Crippen LogP contribution in [0.1, 0.15) is 34.0 Å². The normalized spacial score (nSPS) is 15.7. The first-order chi connectivity index (χ1) is 14.3. The molecule has 3 aromatic carbocycles. The van der Waals surface area contributed by atoms with Gasteiger partial charge in [0.1, 0.15) is 0 Å². The molecule has 1 atom stereocenters. The Morgan fingerprint density at radius 3 is 2.40 bits per heavy atom. The molecule has 6 heteroatoms. The Morgan fingerprint density at radius 2 is 1.70 bits per heavy atom. The first-order valence-electron chi connectivity index (χ1n) is 9.88. The highest BCUT2D eigenvalue weighted by molar-refractivity contribution is 7.92. The maximum atomic E-state index is 13.2. The molecule has 4 rings (SSSR count). The zero-order chi connectivity index (χ0) is 21.5. The molecule has 1 N–H and O–H groups in total. The van der Waals surface area contributed by atoms with E-state index in [2.05, 4.69) is 4.72 Å². The van der Waals surface area contributed by atoms with Crippen molar-refractivity contribution in [1.82, 2.24) is 0 Å². The van der Waals surface area contributed by atoms with Crippen molar-refractivity contribution in [3.05, 3.63) is 89.0 Å². The van der Waals surface area contributed by atoms with Crippen LogP contribution < -0.4 is 9.62 Å². The molecule has 1 heterocycles. The van der Waals surface area contributed by atoms with Crippen LogP contribution in [0.15, 0.2) is 71.6 Å². The van der Waals surface area contributed by atoms with Crippen LogP contribution in [0.25, 0.3) is 0 Å². The van der Waals surface area contributed by atoms with Gasteiger partial charge < -0.3 is 4.90 Å². The Morgan fingerprint density at radius 1 is 1.00 bits per heavy atom. The van der Waals surface area contributed by atoms with Gasteiger partial charge in [-0.15, -0.1) is 0 Å². The highest BCUT2D eigenvalue weighted by atomic mass is 32.2. The fraction of sp³-hybridized carbons (Fsp3) is 0.208. The van der Waals surface area contributed by atoms with E-state index in [1.54, 1.807) is 49.4 Å². The Bertz CT molecular complexity index is 1220. The number of sulfonamides is 1. The van der Waals surface area contributed by atoms with Gasteiger partial charge in [-0.25, -0.2) is 8.42 Å². The standard InChI is InChI=1S/C24H24N2O3S/c1-16-8-11-21(12-9-16)30(28,29)25-22-13-10-20(14-17(22)2)24(27)26-18(3)15-19-6-4-5-7-23(19)26/h4-14,18,25H,15H2,1-3H3. The number of carbonyl (C=O) groups excluding carboxylic acids is 1. The summed E-state index contributed by atoms with van der Waals surface area (Å²) in [6.45, 7) is 5.74. The molecule has 3 aromatic rings. The van der Waals surface area contributed by atoms with Crippen molar-refractivity contribution in [2.45, 2.75) is 38.1 Å². The summed E-state index contributed by atoms with van der Waals surface area (Å²) < 4.78 is 28.0. The minimum atomic E-state index is -3.70. The van der Waals surface area contributed by atoms with E-state index in [0.29, 0.717) is 16.8 Å². The second-order valence-electron chi connectivity index (χ2n) is 7.81. The minimum Gasteiger partial charge on any atom is -0.305 e. The number of hydrogen-bond acceptors (Lipinski definition) is 3. The molecule has 30 heavy (non-hydrogen) atoms. The average molecular weight is 421 g/mol. The summed E-state index contributed by atoms with van der Waals surface area (Å²) in [5.74, 6) is -0.0801. The number of amides is 1. The number of benzene rings is 3. The summed E-state index contributed by atoms with van der Waals surface area (Å²) in [6.07, 6.45) is 0.829. The molecule has 0 fully saturated rings. The smallest absolute Gasteiger partial charge is 0.261 e. The number of anilines is 2. The lowest BCUT2D eigenvalue weighted by Gasteiger charge is -2.23. The molecule has 1 unspecified atom stereocenters. The molecule has 1 amide bonds. The largest absolute Gasteiger partial charge is 0.305 e. The third-order valence-corrected chi connectivity index (χ3v) is 6.86. The van der Waals surface area contributed by atoms with E-state index in [9.17, 15) is 13.2 Å². The number of nitrogens with zero attached hydrogens (tertiary/aromatic N) is 1. The van der Waals surface area contributed by atoms with Gasteiger partial charge in [0.15, 0.2) is 0 Å². The fourth-order valence-corrected chi connectivity index (χ4v) is 4.98. The van der Waals surface area contributed by atoms with Gasteiger partial charge in [0.25, 0.3) is 15.9 Å². The molecule has 0 bridgehead atoms. The molecule has 0 spiro atoms. The molecule has 0 aliphatic carbocycles. The highest BCUT2D eigenvalue weighted by Crippen LogP contribution is 2.33. The van der Waals surface area contributed by atoms with Crippen LogP contribution in [0.2, 0.25) is 0 Å². The summed E-state index contributed by atoms with van der Waals surface area (Å²) in [7, 11) is -3.70. The van der Waals surface area contributed by atoms with E-state index in [1.807, 2.05) is 43.0 Å². The SMILES string of the molecule is Cc1ccc(S(=O)(=O)Nc2ccc(C(=O)N3c4ccccc4CC3C)cc2C)cc1. The Labute approximate surface area is 177 Å². The number of para-hydroxylation sites is 1. The number of nitrogens with one attached hydrogen (secondary N) is 1. The van der Waals surface area contributed by atoms with Crippen LogP contribution in [0.3, 0.4) is 0 Å². The maximum Gasteiger partial charge on any atom is 0.261 e. The Balaban J connectivity index is 1.59. The van der Waals surface area contributed by atoms with Crippen molar-refractivity contribution in [3.8, 4) is 0 Å². The average Bonchev–Trinajstić information content (AvgIpc) is 3.05. The Hall–Kier alpha value is -3.12. The van der Waals surface area contributed by atoms with Crippen molar-refractivity contribution in [2.75, 3.05) is 9.62 Å². The number of rotatable bonds is 4. The molecule has 0 aromatic heterocycles. The predicted molar refractivity (Wildman–Crippen MR) is 120 cm³/mol. The zero-order valence-corrected chi connectivity index (χ0v) is 18.0. The number of carbonyl (C=O) groups is 1. The van der Waals surface area contributed by atoms with Crippen molar-refractivity contribution in [1.29, 1.82) is 0 Å². The third kappa shape index (κ3) is 3.71. The predicted octanol–water partition coefficient (Wildman–Crippen LogP) is 4.70. The first kappa shape index (κ1) is 20.2. The quantitative estimate of drug-likeness (QED) is 0.666. The van der Waals surface area contributed by atoms with Crippen LogP contribution in [0.5, 0.6) is 0 Å². The third-order valence-electron chi connectivity index (χ3n) is 5.48. The number of fused-ring (bicyclic) bond motifs is 1. The van der Waals surface area contributed by atoms with Crippen molar-refractivity contribution < 1.29 is 13.2 Å². The molecule has 0 radical (unpaired) electrons. The van der Waals surface area contributed by atoms with Crippen molar-refractivity contribution in [2.24, 2.45) is 0 Å². The van der Waals surface area contributed by atoms with Crippen molar-refractivity contribution in [3.63, 3.8) is 0 Å². The van der Waals surface area contributed by atoms with Crippen LogP contribution in [0, 0.1) is 13.8 Å². The monoisotopic (exact) mass is 420 g/mol. The van der Waals surface area contributed by atoms with Crippen LogP contribution in [-0.4, -0.2) is 20.4 Å². The van der Waals surface area contributed by atoms with E-state index in [4.69, 9.17) is 0 Å². The molecule has 5 nitrogen and oxygen atoms in total. The van der Waals surface area contributed by atoms with E-state index >= 15 is 0 Å². The van der Waals surface area contributed by atoms with E-state index in [0.717, 1.165) is 23.2 Å². The van der Waals surface area contributed by atoms with E-state index in [1.165, 1.54) is 0 Å². The van der Waals surface area contributed by atoms with Gasteiger partial charge in [0.2, 0.25) is 0 Å². The Kier molecular flexibility index (Phi) is 5.12. The molecule has 1 aliphatic heterocycles. The second-order valence-corrected chi connectivity index (χ2v) is 9.49. The van der Waals surface area contributed by atoms with E-state index < -0.39 is 10.0 Å². The number of hydrogen-bond donors (Lipinski definition) is 1. The van der Waals surface area contributed by atoms with Gasteiger partial charge >= 0.3 is 0 Å². The first-order valence-corrected chi connectivity index (χ1v) is 11.4. The second kappa shape index (κ2) is 7.61. The van der Waals surface area contributed by atoms with Crippen LogP contribution >= 0.6 is 0 Å². The summed E-state index contributed by atoms with van der Waals surface area (Å²) in [5.41, 5.74) is 4.79. The molecular formula is C24H24N2O3S. The zero-order valence-electron chi connectivity index (χ0n) is 17.2. The summed E-state index contributed by atoms with van der Waals surface area (Å²) in [4.78, 5) is 15.2. The highest BCUT2D eigenvalue weighted by Gasteiger charge is 2.31. The maximum absolute atomic E-state index is 13.2. The number of aryl methyl sites for hydroxylation is 2. The lowest BCUT2D eigenvalue weighted by Crippen LogP contribution is -2.35. The summed E-state index contributed by atoms with van der Waals surface area (Å²) in [6, 6.07) is 19.8. The van der Waals surface area contributed by atoms with Gasteiger partial charge in [0, 0.05) is 17.3 Å². The topological polar surface area (TPSA) is 66.5 Å². The van der Waals surface area contributed by atoms with Gasteiger partial charge in [-0.3, -0.25) is 9.52 Å². The summed E-state index contributed by atoms with van der Waals surface area (Å²) in [5, 5.41) is 0. The lowest BCUT2D eigenvalue weighted by molar-refractivity contribution is 0.0981. The van der Waals surface area contributed by atoms with Crippen molar-refractivity contribution >= 4 is 27.3 Å². The fourth-order valence-electron chi connectivity index (χ4n) is 3.85. The molecule has 0 saturated carbocycles. The van der Waals surface area contributed by atoms with E-state index in [-0.39, 0.29) is 16.8 Å². The van der Waals surface area contributed by atoms with Crippen LogP contribution in [-0.2, 0) is 16.4 Å². The van der Waals surface area contributed by atoms with Gasteiger partial charge in [-0.05, 0) is 74.7 Å². The van der Waals surface area contributed by atoms with Crippen LogP contribution in [0.4, 0.5) is 11.4 Å². The van der Waals surface area contributed by atoms with Gasteiger partial charge in [-0.2, -0.15) is 0 Å².